The van der Waals surface area contributed by atoms with Gasteiger partial charge >= 0.3 is 6.09 Å². The van der Waals surface area contributed by atoms with Gasteiger partial charge in [-0.25, -0.2) is 4.79 Å². The van der Waals surface area contributed by atoms with Gasteiger partial charge in [0.1, 0.15) is 5.60 Å². The monoisotopic (exact) mass is 305 g/mol. The number of likely N-dealkylation sites (tertiary alicyclic amines) is 1. The molecule has 0 N–H and O–H groups in total. The second-order valence-electron chi connectivity index (χ2n) is 5.77. The number of carbonyl (C=O) groups excluding carboxylic acids is 1. The summed E-state index contributed by atoms with van der Waals surface area (Å²) < 4.78 is 5.41. The SMILES string of the molecule is CC(C)(C)OC(=O)N1CCCC(CCCBr)C1. The molecule has 0 aromatic carbocycles. The highest BCUT2D eigenvalue weighted by atomic mass is 79.9. The van der Waals surface area contributed by atoms with Crippen LogP contribution in [0.1, 0.15) is 46.5 Å². The average Bonchev–Trinajstić information content (AvgIpc) is 2.24. The lowest BCUT2D eigenvalue weighted by Crippen LogP contribution is -2.42. The summed E-state index contributed by atoms with van der Waals surface area (Å²) in [6, 6.07) is 0. The van der Waals surface area contributed by atoms with Crippen LogP contribution < -0.4 is 0 Å². The van der Waals surface area contributed by atoms with Gasteiger partial charge in [-0.3, -0.25) is 0 Å². The van der Waals surface area contributed by atoms with Crippen LogP contribution in [0, 0.1) is 5.92 Å². The van der Waals surface area contributed by atoms with Crippen LogP contribution in [-0.2, 0) is 4.74 Å². The number of hydrogen-bond donors (Lipinski definition) is 0. The lowest BCUT2D eigenvalue weighted by atomic mass is 9.94. The molecule has 1 fully saturated rings. The quantitative estimate of drug-likeness (QED) is 0.742. The fraction of sp³-hybridized carbons (Fsp3) is 0.923. The van der Waals surface area contributed by atoms with Gasteiger partial charge in [0.2, 0.25) is 0 Å². The molecule has 0 radical (unpaired) electrons. The molecular weight excluding hydrogens is 282 g/mol. The number of piperidine rings is 1. The number of carbonyl (C=O) groups is 1. The Morgan fingerprint density at radius 2 is 2.18 bits per heavy atom. The Morgan fingerprint density at radius 3 is 2.76 bits per heavy atom. The third kappa shape index (κ3) is 5.75. The average molecular weight is 306 g/mol. The van der Waals surface area contributed by atoms with Crippen molar-refractivity contribution in [1.82, 2.24) is 4.90 Å². The van der Waals surface area contributed by atoms with Gasteiger partial charge in [-0.05, 0) is 52.4 Å². The molecule has 1 aliphatic heterocycles. The van der Waals surface area contributed by atoms with Gasteiger partial charge in [0.15, 0.2) is 0 Å². The molecule has 17 heavy (non-hydrogen) atoms. The molecule has 0 aliphatic carbocycles. The molecule has 1 unspecified atom stereocenters. The Balaban J connectivity index is 2.40. The van der Waals surface area contributed by atoms with E-state index in [0.29, 0.717) is 5.92 Å². The number of amides is 1. The Labute approximate surface area is 113 Å². The van der Waals surface area contributed by atoms with Crippen LogP contribution in [0.5, 0.6) is 0 Å². The van der Waals surface area contributed by atoms with Crippen molar-refractivity contribution in [2.45, 2.75) is 52.1 Å². The zero-order valence-corrected chi connectivity index (χ0v) is 12.8. The molecule has 1 aliphatic rings. The van der Waals surface area contributed by atoms with Gasteiger partial charge < -0.3 is 9.64 Å². The van der Waals surface area contributed by atoms with Crippen LogP contribution in [0.3, 0.4) is 0 Å². The largest absolute Gasteiger partial charge is 0.444 e. The molecule has 3 nitrogen and oxygen atoms in total. The van der Waals surface area contributed by atoms with E-state index >= 15 is 0 Å². The summed E-state index contributed by atoms with van der Waals surface area (Å²) in [5.41, 5.74) is -0.389. The smallest absolute Gasteiger partial charge is 0.410 e. The molecule has 1 amide bonds. The van der Waals surface area contributed by atoms with E-state index in [2.05, 4.69) is 15.9 Å². The Morgan fingerprint density at radius 1 is 1.47 bits per heavy atom. The van der Waals surface area contributed by atoms with E-state index in [-0.39, 0.29) is 11.7 Å². The number of hydrogen-bond acceptors (Lipinski definition) is 2. The summed E-state index contributed by atoms with van der Waals surface area (Å²) in [5, 5.41) is 1.05. The minimum absolute atomic E-state index is 0.152. The van der Waals surface area contributed by atoms with Gasteiger partial charge in [0, 0.05) is 18.4 Å². The first-order valence-corrected chi connectivity index (χ1v) is 7.58. The van der Waals surface area contributed by atoms with Crippen LogP contribution in [0.25, 0.3) is 0 Å². The molecule has 0 spiro atoms. The van der Waals surface area contributed by atoms with Crippen molar-refractivity contribution in [3.63, 3.8) is 0 Å². The molecular formula is C13H24BrNO2. The lowest BCUT2D eigenvalue weighted by molar-refractivity contribution is 0.0161. The van der Waals surface area contributed by atoms with E-state index in [4.69, 9.17) is 4.74 Å². The second kappa shape index (κ2) is 6.62. The van der Waals surface area contributed by atoms with Crippen molar-refractivity contribution >= 4 is 22.0 Å². The number of halogens is 1. The summed E-state index contributed by atoms with van der Waals surface area (Å²) in [4.78, 5) is 13.8. The fourth-order valence-electron chi connectivity index (χ4n) is 2.16. The topological polar surface area (TPSA) is 29.5 Å². The van der Waals surface area contributed by atoms with Crippen molar-refractivity contribution in [3.8, 4) is 0 Å². The van der Waals surface area contributed by atoms with Crippen LogP contribution >= 0.6 is 15.9 Å². The summed E-state index contributed by atoms with van der Waals surface area (Å²) >= 11 is 3.45. The minimum atomic E-state index is -0.389. The number of ether oxygens (including phenoxy) is 1. The summed E-state index contributed by atoms with van der Waals surface area (Å²) in [6.45, 7) is 7.45. The number of rotatable bonds is 3. The molecule has 0 bridgehead atoms. The fourth-order valence-corrected chi connectivity index (χ4v) is 2.48. The van der Waals surface area contributed by atoms with E-state index in [1.807, 2.05) is 25.7 Å². The molecule has 1 rings (SSSR count). The summed E-state index contributed by atoms with van der Waals surface area (Å²) in [6.07, 6.45) is 4.58. The molecule has 1 saturated heterocycles. The van der Waals surface area contributed by atoms with Crippen molar-refractivity contribution in [3.05, 3.63) is 0 Å². The van der Waals surface area contributed by atoms with E-state index < -0.39 is 0 Å². The molecule has 1 heterocycles. The maximum Gasteiger partial charge on any atom is 0.410 e. The van der Waals surface area contributed by atoms with Gasteiger partial charge in [0.05, 0.1) is 0 Å². The maximum absolute atomic E-state index is 11.9. The normalized spacial score (nSPS) is 21.4. The molecule has 100 valence electrons. The van der Waals surface area contributed by atoms with Gasteiger partial charge in [-0.1, -0.05) is 15.9 Å². The van der Waals surface area contributed by atoms with Crippen LogP contribution in [0.2, 0.25) is 0 Å². The highest BCUT2D eigenvalue weighted by molar-refractivity contribution is 9.09. The highest BCUT2D eigenvalue weighted by Crippen LogP contribution is 2.22. The lowest BCUT2D eigenvalue weighted by Gasteiger charge is -2.34. The molecule has 0 aromatic heterocycles. The van der Waals surface area contributed by atoms with Crippen LogP contribution in [-0.4, -0.2) is 35.0 Å². The Bertz CT molecular complexity index is 250. The van der Waals surface area contributed by atoms with Crippen molar-refractivity contribution < 1.29 is 9.53 Å². The first-order chi connectivity index (χ1) is 7.92. The standard InChI is InChI=1S/C13H24BrNO2/c1-13(2,3)17-12(16)15-9-5-7-11(10-15)6-4-8-14/h11H,4-10H2,1-3H3. The molecule has 4 heteroatoms. The van der Waals surface area contributed by atoms with E-state index in [9.17, 15) is 4.79 Å². The van der Waals surface area contributed by atoms with Crippen molar-refractivity contribution in [2.24, 2.45) is 5.92 Å². The minimum Gasteiger partial charge on any atom is -0.444 e. The van der Waals surface area contributed by atoms with Gasteiger partial charge in [0.25, 0.3) is 0 Å². The van der Waals surface area contributed by atoms with E-state index in [1.165, 1.54) is 19.3 Å². The van der Waals surface area contributed by atoms with Crippen LogP contribution in [0.15, 0.2) is 0 Å². The summed E-state index contributed by atoms with van der Waals surface area (Å²) in [5.74, 6) is 0.647. The zero-order valence-electron chi connectivity index (χ0n) is 11.2. The van der Waals surface area contributed by atoms with Crippen LogP contribution in [0.4, 0.5) is 4.79 Å². The van der Waals surface area contributed by atoms with E-state index in [0.717, 1.165) is 24.8 Å². The van der Waals surface area contributed by atoms with Crippen molar-refractivity contribution in [2.75, 3.05) is 18.4 Å². The Hall–Kier alpha value is -0.250. The molecule has 0 aromatic rings. The first-order valence-electron chi connectivity index (χ1n) is 6.46. The third-order valence-electron chi connectivity index (χ3n) is 2.92. The number of alkyl halides is 1. The van der Waals surface area contributed by atoms with E-state index in [1.54, 1.807) is 0 Å². The summed E-state index contributed by atoms with van der Waals surface area (Å²) in [7, 11) is 0. The Kier molecular flexibility index (Phi) is 5.77. The highest BCUT2D eigenvalue weighted by Gasteiger charge is 2.27. The molecule has 1 atom stereocenters. The zero-order chi connectivity index (χ0) is 12.9. The first kappa shape index (κ1) is 14.8. The predicted octanol–water partition coefficient (Wildman–Crippen LogP) is 3.81. The third-order valence-corrected chi connectivity index (χ3v) is 3.48. The number of nitrogens with zero attached hydrogens (tertiary/aromatic N) is 1. The van der Waals surface area contributed by atoms with Gasteiger partial charge in [-0.2, -0.15) is 0 Å². The molecule has 0 saturated carbocycles. The van der Waals surface area contributed by atoms with Crippen molar-refractivity contribution in [1.29, 1.82) is 0 Å². The second-order valence-corrected chi connectivity index (χ2v) is 6.56. The maximum atomic E-state index is 11.9. The van der Waals surface area contributed by atoms with Gasteiger partial charge in [-0.15, -0.1) is 0 Å². The predicted molar refractivity (Wildman–Crippen MR) is 73.6 cm³/mol.